The van der Waals surface area contributed by atoms with E-state index in [1.807, 2.05) is 30.3 Å². The molecule has 8 nitrogen and oxygen atoms in total. The van der Waals surface area contributed by atoms with Gasteiger partial charge in [-0.2, -0.15) is 13.2 Å². The van der Waals surface area contributed by atoms with Gasteiger partial charge in [0.2, 0.25) is 5.89 Å². The van der Waals surface area contributed by atoms with Crippen molar-refractivity contribution >= 4 is 11.7 Å². The molecular formula is C23H24F3N5O3. The predicted molar refractivity (Wildman–Crippen MR) is 118 cm³/mol. The first-order valence-electron chi connectivity index (χ1n) is 10.8. The standard InChI is InChI=1S/C23H24F3N5O3/c24-23(25,26)21-28-27-20(34-21)18-8-6-17(7-9-18)16-31(19-4-2-1-3-5-19)22(33)30-12-10-29(11-13-30)14-15-32/h1-9,32H,10-16H2. The first-order chi connectivity index (χ1) is 16.3. The lowest BCUT2D eigenvalue weighted by molar-refractivity contribution is -0.156. The van der Waals surface area contributed by atoms with Crippen LogP contribution in [-0.4, -0.2) is 70.5 Å². The van der Waals surface area contributed by atoms with Crippen molar-refractivity contribution < 1.29 is 27.5 Å². The summed E-state index contributed by atoms with van der Waals surface area (Å²) < 4.78 is 42.9. The first kappa shape index (κ1) is 23.7. The number of hydrogen-bond acceptors (Lipinski definition) is 6. The van der Waals surface area contributed by atoms with Crippen LogP contribution in [0.2, 0.25) is 0 Å². The van der Waals surface area contributed by atoms with Crippen molar-refractivity contribution in [1.82, 2.24) is 20.0 Å². The van der Waals surface area contributed by atoms with Gasteiger partial charge in [0.15, 0.2) is 0 Å². The molecule has 11 heteroatoms. The first-order valence-corrected chi connectivity index (χ1v) is 10.8. The zero-order chi connectivity index (χ0) is 24.1. The summed E-state index contributed by atoms with van der Waals surface area (Å²) in [5, 5.41) is 15.7. The van der Waals surface area contributed by atoms with Gasteiger partial charge in [-0.3, -0.25) is 9.80 Å². The number of halogens is 3. The highest BCUT2D eigenvalue weighted by Crippen LogP contribution is 2.30. The minimum Gasteiger partial charge on any atom is -0.413 e. The molecule has 2 amide bonds. The summed E-state index contributed by atoms with van der Waals surface area (Å²) in [6.45, 7) is 3.43. The zero-order valence-corrected chi connectivity index (χ0v) is 18.3. The van der Waals surface area contributed by atoms with E-state index in [2.05, 4.69) is 15.1 Å². The monoisotopic (exact) mass is 475 g/mol. The van der Waals surface area contributed by atoms with Crippen LogP contribution in [0.25, 0.3) is 11.5 Å². The van der Waals surface area contributed by atoms with Crippen molar-refractivity contribution in [3.8, 4) is 11.5 Å². The van der Waals surface area contributed by atoms with Crippen LogP contribution in [0.1, 0.15) is 11.5 Å². The molecule has 1 aromatic heterocycles. The molecule has 2 heterocycles. The number of anilines is 1. The van der Waals surface area contributed by atoms with Crippen molar-refractivity contribution in [3.63, 3.8) is 0 Å². The lowest BCUT2D eigenvalue weighted by Gasteiger charge is -2.37. The topological polar surface area (TPSA) is 85.9 Å². The van der Waals surface area contributed by atoms with Crippen LogP contribution in [0.4, 0.5) is 23.7 Å². The minimum atomic E-state index is -4.70. The van der Waals surface area contributed by atoms with Crippen LogP contribution >= 0.6 is 0 Å². The van der Waals surface area contributed by atoms with E-state index in [1.54, 1.807) is 34.1 Å². The van der Waals surface area contributed by atoms with Crippen LogP contribution in [0, 0.1) is 0 Å². The third kappa shape index (κ3) is 5.54. The smallest absolute Gasteiger partial charge is 0.413 e. The molecule has 3 aromatic rings. The number of amides is 2. The highest BCUT2D eigenvalue weighted by Gasteiger charge is 2.38. The molecule has 1 saturated heterocycles. The van der Waals surface area contributed by atoms with E-state index in [4.69, 9.17) is 9.52 Å². The molecule has 0 spiro atoms. The Hall–Kier alpha value is -3.44. The summed E-state index contributed by atoms with van der Waals surface area (Å²) in [5.74, 6) is -1.62. The van der Waals surface area contributed by atoms with Crippen molar-refractivity contribution in [3.05, 3.63) is 66.1 Å². The number of alkyl halides is 3. The Morgan fingerprint density at radius 2 is 1.68 bits per heavy atom. The van der Waals surface area contributed by atoms with E-state index < -0.39 is 12.1 Å². The summed E-state index contributed by atoms with van der Waals surface area (Å²) in [6.07, 6.45) is -4.70. The molecule has 180 valence electrons. The average molecular weight is 475 g/mol. The van der Waals surface area contributed by atoms with Gasteiger partial charge < -0.3 is 14.4 Å². The Morgan fingerprint density at radius 3 is 2.26 bits per heavy atom. The lowest BCUT2D eigenvalue weighted by Crippen LogP contribution is -2.53. The number of carbonyl (C=O) groups is 1. The number of β-amino-alcohol motifs (C(OH)–C–C–N with tert-alkyl or cyclic N) is 1. The van der Waals surface area contributed by atoms with Crippen LogP contribution in [0.15, 0.2) is 59.0 Å². The molecule has 34 heavy (non-hydrogen) atoms. The number of aromatic nitrogens is 2. The maximum absolute atomic E-state index is 13.4. The van der Waals surface area contributed by atoms with Crippen LogP contribution in [-0.2, 0) is 12.7 Å². The highest BCUT2D eigenvalue weighted by atomic mass is 19.4. The van der Waals surface area contributed by atoms with E-state index in [1.165, 1.54) is 0 Å². The Kier molecular flexibility index (Phi) is 7.13. The highest BCUT2D eigenvalue weighted by molar-refractivity contribution is 5.92. The van der Waals surface area contributed by atoms with Gasteiger partial charge in [-0.25, -0.2) is 4.79 Å². The third-order valence-corrected chi connectivity index (χ3v) is 5.57. The number of benzene rings is 2. The van der Waals surface area contributed by atoms with Gasteiger partial charge in [0.25, 0.3) is 0 Å². The van der Waals surface area contributed by atoms with Gasteiger partial charge in [-0.1, -0.05) is 30.3 Å². The van der Waals surface area contributed by atoms with Gasteiger partial charge in [0.05, 0.1) is 13.2 Å². The van der Waals surface area contributed by atoms with Crippen LogP contribution in [0.3, 0.4) is 0 Å². The van der Waals surface area contributed by atoms with Crippen molar-refractivity contribution in [2.24, 2.45) is 0 Å². The van der Waals surface area contributed by atoms with Gasteiger partial charge in [-0.15, -0.1) is 10.2 Å². The molecule has 0 saturated carbocycles. The Balaban J connectivity index is 1.50. The maximum atomic E-state index is 13.4. The average Bonchev–Trinajstić information content (AvgIpc) is 3.35. The number of aliphatic hydroxyl groups is 1. The molecule has 1 aliphatic heterocycles. The molecular weight excluding hydrogens is 451 g/mol. The molecule has 0 unspecified atom stereocenters. The molecule has 1 N–H and O–H groups in total. The molecule has 0 radical (unpaired) electrons. The number of hydrogen-bond donors (Lipinski definition) is 1. The Morgan fingerprint density at radius 1 is 1.00 bits per heavy atom. The van der Waals surface area contributed by atoms with E-state index >= 15 is 0 Å². The van der Waals surface area contributed by atoms with Gasteiger partial charge in [0.1, 0.15) is 0 Å². The lowest BCUT2D eigenvalue weighted by atomic mass is 10.1. The molecule has 1 fully saturated rings. The molecule has 2 aromatic carbocycles. The number of aliphatic hydroxyl groups excluding tert-OH is 1. The van der Waals surface area contributed by atoms with Crippen molar-refractivity contribution in [1.29, 1.82) is 0 Å². The summed E-state index contributed by atoms with van der Waals surface area (Å²) in [7, 11) is 0. The second kappa shape index (κ2) is 10.2. The normalized spacial score (nSPS) is 14.9. The fourth-order valence-corrected chi connectivity index (χ4v) is 3.74. The molecule has 1 aliphatic rings. The van der Waals surface area contributed by atoms with E-state index in [9.17, 15) is 18.0 Å². The quantitative estimate of drug-likeness (QED) is 0.588. The molecule has 0 aliphatic carbocycles. The number of piperazine rings is 1. The second-order valence-corrected chi connectivity index (χ2v) is 7.86. The van der Waals surface area contributed by atoms with Gasteiger partial charge in [-0.05, 0) is 29.8 Å². The van der Waals surface area contributed by atoms with Crippen LogP contribution in [0.5, 0.6) is 0 Å². The zero-order valence-electron chi connectivity index (χ0n) is 18.3. The van der Waals surface area contributed by atoms with Crippen molar-refractivity contribution in [2.45, 2.75) is 12.7 Å². The Labute approximate surface area is 194 Å². The van der Waals surface area contributed by atoms with E-state index in [0.29, 0.717) is 38.3 Å². The predicted octanol–water partition coefficient (Wildman–Crippen LogP) is 3.49. The van der Waals surface area contributed by atoms with Gasteiger partial charge in [0, 0.05) is 44.0 Å². The van der Waals surface area contributed by atoms with Crippen LogP contribution < -0.4 is 4.90 Å². The fraction of sp³-hybridized carbons (Fsp3) is 0.348. The molecule has 0 bridgehead atoms. The summed E-state index contributed by atoms with van der Waals surface area (Å²) in [4.78, 5) is 19.0. The third-order valence-electron chi connectivity index (χ3n) is 5.57. The fourth-order valence-electron chi connectivity index (χ4n) is 3.74. The van der Waals surface area contributed by atoms with E-state index in [-0.39, 0.29) is 25.1 Å². The minimum absolute atomic E-state index is 0.0845. The second-order valence-electron chi connectivity index (χ2n) is 7.86. The largest absolute Gasteiger partial charge is 0.470 e. The summed E-state index contributed by atoms with van der Waals surface area (Å²) in [5.41, 5.74) is 1.88. The number of nitrogens with zero attached hydrogens (tertiary/aromatic N) is 5. The number of carbonyl (C=O) groups excluding carboxylic acids is 1. The SMILES string of the molecule is O=C(N1CCN(CCO)CC1)N(Cc1ccc(-c2nnc(C(F)(F)F)o2)cc1)c1ccccc1. The van der Waals surface area contributed by atoms with Gasteiger partial charge >= 0.3 is 18.1 Å². The number of rotatable bonds is 6. The Bertz CT molecular complexity index is 1080. The van der Waals surface area contributed by atoms with Crippen molar-refractivity contribution in [2.75, 3.05) is 44.2 Å². The summed E-state index contributed by atoms with van der Waals surface area (Å²) >= 11 is 0. The maximum Gasteiger partial charge on any atom is 0.470 e. The molecule has 0 atom stereocenters. The number of para-hydroxylation sites is 1. The number of urea groups is 1. The van der Waals surface area contributed by atoms with E-state index in [0.717, 1.165) is 11.3 Å². The molecule has 4 rings (SSSR count). The summed E-state index contributed by atoms with van der Waals surface area (Å²) in [6, 6.07) is 15.8.